The molecule has 0 saturated carbocycles. The lowest BCUT2D eigenvalue weighted by Gasteiger charge is -2.13. The summed E-state index contributed by atoms with van der Waals surface area (Å²) in [6, 6.07) is 7.11. The molecule has 0 atom stereocenters. The van der Waals surface area contributed by atoms with Crippen LogP contribution in [0.2, 0.25) is 0 Å². The zero-order valence-corrected chi connectivity index (χ0v) is 14.3. The minimum Gasteiger partial charge on any atom is -0.490 e. The van der Waals surface area contributed by atoms with E-state index >= 15 is 0 Å². The molecule has 9 heteroatoms. The second-order valence-corrected chi connectivity index (χ2v) is 5.18. The van der Waals surface area contributed by atoms with Gasteiger partial charge in [0.25, 0.3) is 5.91 Å². The molecule has 0 aliphatic heterocycles. The number of benzene rings is 1. The first-order valence-corrected chi connectivity index (χ1v) is 7.93. The number of amides is 1. The molecule has 1 aromatic heterocycles. The second kappa shape index (κ2) is 9.23. The summed E-state index contributed by atoms with van der Waals surface area (Å²) in [7, 11) is 0. The van der Waals surface area contributed by atoms with Crippen molar-refractivity contribution in [3.05, 3.63) is 41.6 Å². The number of rotatable bonds is 8. The van der Waals surface area contributed by atoms with Gasteiger partial charge in [-0.25, -0.2) is 10.5 Å². The Bertz CT molecular complexity index is 795. The first-order chi connectivity index (χ1) is 12.5. The van der Waals surface area contributed by atoms with Crippen molar-refractivity contribution in [3.63, 3.8) is 0 Å². The maximum atomic E-state index is 11.0. The fourth-order valence-electron chi connectivity index (χ4n) is 2.15. The predicted octanol–water partition coefficient (Wildman–Crippen LogP) is 1.18. The highest BCUT2D eigenvalue weighted by Crippen LogP contribution is 2.24. The average Bonchev–Trinajstić information content (AvgIpc) is 2.64. The van der Waals surface area contributed by atoms with Crippen molar-refractivity contribution in [1.82, 2.24) is 15.4 Å². The van der Waals surface area contributed by atoms with Crippen LogP contribution in [0, 0.1) is 0 Å². The van der Waals surface area contributed by atoms with Crippen LogP contribution in [-0.2, 0) is 11.2 Å². The number of carbonyl (C=O) groups is 1. The summed E-state index contributed by atoms with van der Waals surface area (Å²) in [5.74, 6) is 0.723. The van der Waals surface area contributed by atoms with Crippen LogP contribution in [0.15, 0.2) is 30.3 Å². The number of nitrogens with one attached hydrogen (secondary N) is 1. The number of ether oxygens (including phenoxy) is 2. The van der Waals surface area contributed by atoms with Gasteiger partial charge in [0.15, 0.2) is 11.6 Å². The molecule has 1 amide bonds. The third kappa shape index (κ3) is 5.35. The van der Waals surface area contributed by atoms with Crippen molar-refractivity contribution in [2.75, 3.05) is 24.7 Å². The lowest BCUT2D eigenvalue weighted by molar-refractivity contribution is -0.124. The number of hydrogen-bond donors (Lipinski definition) is 4. The number of hydroxylamine groups is 1. The topological polar surface area (TPSA) is 146 Å². The first kappa shape index (κ1) is 19.0. The smallest absolute Gasteiger partial charge is 0.267 e. The van der Waals surface area contributed by atoms with E-state index in [4.69, 9.17) is 26.1 Å². The van der Waals surface area contributed by atoms with Crippen molar-refractivity contribution in [3.8, 4) is 11.5 Å². The molecule has 0 saturated heterocycles. The zero-order chi connectivity index (χ0) is 18.9. The Morgan fingerprint density at radius 1 is 1.27 bits per heavy atom. The van der Waals surface area contributed by atoms with Crippen LogP contribution in [0.1, 0.15) is 18.2 Å². The predicted molar refractivity (Wildman–Crippen MR) is 96.6 cm³/mol. The molecule has 2 rings (SSSR count). The highest BCUT2D eigenvalue weighted by Gasteiger charge is 2.11. The van der Waals surface area contributed by atoms with Gasteiger partial charge in [0.05, 0.1) is 5.69 Å². The Morgan fingerprint density at radius 2 is 2.04 bits per heavy atom. The summed E-state index contributed by atoms with van der Waals surface area (Å²) < 4.78 is 11.3. The maximum Gasteiger partial charge on any atom is 0.267 e. The van der Waals surface area contributed by atoms with Gasteiger partial charge in [-0.1, -0.05) is 19.1 Å². The van der Waals surface area contributed by atoms with Crippen LogP contribution in [0.25, 0.3) is 6.08 Å². The van der Waals surface area contributed by atoms with E-state index in [0.717, 1.165) is 5.56 Å². The van der Waals surface area contributed by atoms with Gasteiger partial charge in [-0.3, -0.25) is 10.0 Å². The van der Waals surface area contributed by atoms with E-state index in [0.29, 0.717) is 23.6 Å². The molecule has 0 radical (unpaired) electrons. The van der Waals surface area contributed by atoms with Gasteiger partial charge in [0, 0.05) is 6.08 Å². The Hall–Kier alpha value is -3.33. The van der Waals surface area contributed by atoms with E-state index in [2.05, 4.69) is 9.97 Å². The Morgan fingerprint density at radius 3 is 2.77 bits per heavy atom. The van der Waals surface area contributed by atoms with Crippen molar-refractivity contribution in [2.24, 2.45) is 0 Å². The summed E-state index contributed by atoms with van der Waals surface area (Å²) in [6.45, 7) is 2.44. The van der Waals surface area contributed by atoms with Crippen molar-refractivity contribution in [1.29, 1.82) is 0 Å². The van der Waals surface area contributed by atoms with Gasteiger partial charge in [-0.15, -0.1) is 0 Å². The Kier molecular flexibility index (Phi) is 6.75. The minimum atomic E-state index is -0.611. The summed E-state index contributed by atoms with van der Waals surface area (Å²) in [5, 5.41) is 8.46. The molecule has 2 aromatic rings. The molecular formula is C17H21N5O4. The number of carbonyl (C=O) groups excluding carboxylic acids is 1. The van der Waals surface area contributed by atoms with Gasteiger partial charge in [0.2, 0.25) is 5.95 Å². The normalized spacial score (nSPS) is 10.7. The number of hydrogen-bond acceptors (Lipinski definition) is 8. The number of aromatic nitrogens is 2. The third-order valence-corrected chi connectivity index (χ3v) is 3.31. The molecule has 0 fully saturated rings. The molecule has 6 N–H and O–H groups in total. The Labute approximate surface area is 150 Å². The van der Waals surface area contributed by atoms with E-state index in [-0.39, 0.29) is 25.0 Å². The monoisotopic (exact) mass is 359 g/mol. The molecule has 138 valence electrons. The molecule has 1 heterocycles. The fraction of sp³-hybridized carbons (Fsp3) is 0.235. The van der Waals surface area contributed by atoms with Crippen LogP contribution in [0.5, 0.6) is 11.5 Å². The van der Waals surface area contributed by atoms with Gasteiger partial charge < -0.3 is 20.9 Å². The largest absolute Gasteiger partial charge is 0.490 e. The van der Waals surface area contributed by atoms with Gasteiger partial charge in [-0.05, 0) is 30.2 Å². The molecule has 0 spiro atoms. The molecular weight excluding hydrogens is 338 g/mol. The lowest BCUT2D eigenvalue weighted by Crippen LogP contribution is -2.14. The van der Waals surface area contributed by atoms with E-state index < -0.39 is 5.91 Å². The summed E-state index contributed by atoms with van der Waals surface area (Å²) in [5.41, 5.74) is 14.3. The molecule has 0 bridgehead atoms. The van der Waals surface area contributed by atoms with Gasteiger partial charge >= 0.3 is 0 Å². The van der Waals surface area contributed by atoms with Crippen molar-refractivity contribution < 1.29 is 19.5 Å². The zero-order valence-electron chi connectivity index (χ0n) is 14.3. The SMILES string of the molecule is CCc1nc(N)nc(N)c1OCCOc1cccc(/C=C/C(=O)NO)c1. The van der Waals surface area contributed by atoms with Crippen LogP contribution in [0.3, 0.4) is 0 Å². The van der Waals surface area contributed by atoms with E-state index in [9.17, 15) is 4.79 Å². The second-order valence-electron chi connectivity index (χ2n) is 5.18. The molecule has 0 unspecified atom stereocenters. The van der Waals surface area contributed by atoms with Crippen LogP contribution >= 0.6 is 0 Å². The quantitative estimate of drug-likeness (QED) is 0.238. The number of aryl methyl sites for hydroxylation is 1. The van der Waals surface area contributed by atoms with E-state index in [1.807, 2.05) is 6.92 Å². The molecule has 26 heavy (non-hydrogen) atoms. The molecule has 0 aliphatic carbocycles. The summed E-state index contributed by atoms with van der Waals surface area (Å²) in [6.07, 6.45) is 3.37. The molecule has 9 nitrogen and oxygen atoms in total. The number of nitrogen functional groups attached to an aromatic ring is 2. The average molecular weight is 359 g/mol. The standard InChI is InChI=1S/C17H21N5O4/c1-2-13-15(16(18)21-17(19)20-13)26-9-8-25-12-5-3-4-11(10-12)6-7-14(23)22-24/h3-7,10,24H,2,8-9H2,1H3,(H,22,23)(H4,18,19,20,21)/b7-6+. The highest BCUT2D eigenvalue weighted by molar-refractivity contribution is 5.90. The highest BCUT2D eigenvalue weighted by atomic mass is 16.5. The Balaban J connectivity index is 1.91. The number of anilines is 2. The number of nitrogens with two attached hydrogens (primary N) is 2. The van der Waals surface area contributed by atoms with E-state index in [1.54, 1.807) is 30.3 Å². The maximum absolute atomic E-state index is 11.0. The fourth-order valence-corrected chi connectivity index (χ4v) is 2.15. The van der Waals surface area contributed by atoms with E-state index in [1.165, 1.54) is 11.6 Å². The first-order valence-electron chi connectivity index (χ1n) is 7.93. The van der Waals surface area contributed by atoms with Crippen molar-refractivity contribution in [2.45, 2.75) is 13.3 Å². The summed E-state index contributed by atoms with van der Waals surface area (Å²) >= 11 is 0. The van der Waals surface area contributed by atoms with Crippen molar-refractivity contribution >= 4 is 23.7 Å². The van der Waals surface area contributed by atoms with Gasteiger partial charge in [-0.2, -0.15) is 4.98 Å². The lowest BCUT2D eigenvalue weighted by atomic mass is 10.2. The van der Waals surface area contributed by atoms with Crippen LogP contribution in [-0.4, -0.2) is 34.3 Å². The van der Waals surface area contributed by atoms with Crippen LogP contribution in [0.4, 0.5) is 11.8 Å². The third-order valence-electron chi connectivity index (χ3n) is 3.31. The van der Waals surface area contributed by atoms with Crippen LogP contribution < -0.4 is 26.4 Å². The molecule has 1 aromatic carbocycles. The number of nitrogens with zero attached hydrogens (tertiary/aromatic N) is 2. The molecule has 0 aliphatic rings. The minimum absolute atomic E-state index is 0.114. The summed E-state index contributed by atoms with van der Waals surface area (Å²) in [4.78, 5) is 19.0. The van der Waals surface area contributed by atoms with Gasteiger partial charge in [0.1, 0.15) is 19.0 Å².